The molecule has 92 valence electrons. The summed E-state index contributed by atoms with van der Waals surface area (Å²) in [5.74, 6) is 1.82. The minimum Gasteiger partial charge on any atom is -0.486 e. The van der Waals surface area contributed by atoms with Gasteiger partial charge in [0.05, 0.1) is 0 Å². The van der Waals surface area contributed by atoms with Crippen LogP contribution in [0.25, 0.3) is 10.9 Å². The zero-order chi connectivity index (χ0) is 12.4. The first-order valence-corrected chi connectivity index (χ1v) is 6.07. The molecule has 1 aromatic carbocycles. The summed E-state index contributed by atoms with van der Waals surface area (Å²) in [5, 5.41) is 1.16. The molecule has 0 unspecified atom stereocenters. The Morgan fingerprint density at radius 2 is 2.28 bits per heavy atom. The van der Waals surface area contributed by atoms with Gasteiger partial charge in [-0.05, 0) is 31.2 Å². The predicted octanol–water partition coefficient (Wildman–Crippen LogP) is 2.96. The van der Waals surface area contributed by atoms with Gasteiger partial charge >= 0.3 is 0 Å². The van der Waals surface area contributed by atoms with Crippen molar-refractivity contribution < 1.29 is 4.74 Å². The minimum absolute atomic E-state index is 0.497. The number of imidazole rings is 1. The predicted molar refractivity (Wildman–Crippen MR) is 70.5 cm³/mol. The van der Waals surface area contributed by atoms with E-state index in [0.717, 1.165) is 29.0 Å². The lowest BCUT2D eigenvalue weighted by Gasteiger charge is -2.07. The molecule has 3 rings (SSSR count). The van der Waals surface area contributed by atoms with Gasteiger partial charge in [-0.15, -0.1) is 0 Å². The van der Waals surface area contributed by atoms with Crippen LogP contribution in [0, 0.1) is 0 Å². The number of aromatic nitrogens is 3. The fourth-order valence-corrected chi connectivity index (χ4v) is 2.04. The minimum atomic E-state index is 0.497. The lowest BCUT2D eigenvalue weighted by molar-refractivity contribution is 0.290. The third-order valence-corrected chi connectivity index (χ3v) is 3.04. The number of hydrogen-bond acceptors (Lipinski definition) is 2. The van der Waals surface area contributed by atoms with Gasteiger partial charge in [-0.2, -0.15) is 0 Å². The molecule has 4 heteroatoms. The Labute approximate surface area is 105 Å². The van der Waals surface area contributed by atoms with Gasteiger partial charge in [0.2, 0.25) is 0 Å². The number of ether oxygens (including phenoxy) is 1. The van der Waals surface area contributed by atoms with E-state index in [0.29, 0.717) is 6.61 Å². The highest BCUT2D eigenvalue weighted by Crippen LogP contribution is 2.20. The molecule has 0 aliphatic carbocycles. The van der Waals surface area contributed by atoms with E-state index in [1.807, 2.05) is 36.7 Å². The standard InChI is InChI=1S/C14H15N3O/c1-2-17-8-7-16-14(17)10-18-12-3-4-13-11(9-12)5-6-15-13/h3-9,15H,2,10H2,1H3. The second-order valence-electron chi connectivity index (χ2n) is 4.14. The number of rotatable bonds is 4. The molecule has 0 amide bonds. The molecule has 0 saturated heterocycles. The van der Waals surface area contributed by atoms with Crippen molar-refractivity contribution in [2.45, 2.75) is 20.1 Å². The van der Waals surface area contributed by atoms with Crippen molar-refractivity contribution in [2.75, 3.05) is 0 Å². The Bertz CT molecular complexity index is 654. The average molecular weight is 241 g/mol. The Kier molecular flexibility index (Phi) is 2.76. The van der Waals surface area contributed by atoms with Crippen LogP contribution in [-0.2, 0) is 13.2 Å². The zero-order valence-electron chi connectivity index (χ0n) is 10.3. The second kappa shape index (κ2) is 4.56. The van der Waals surface area contributed by atoms with Gasteiger partial charge in [-0.3, -0.25) is 0 Å². The SMILES string of the molecule is CCn1ccnc1COc1ccc2[nH]ccc2c1. The van der Waals surface area contributed by atoms with E-state index in [9.17, 15) is 0 Å². The van der Waals surface area contributed by atoms with Crippen LogP contribution in [0.4, 0.5) is 0 Å². The lowest BCUT2D eigenvalue weighted by atomic mass is 10.2. The number of hydrogen-bond donors (Lipinski definition) is 1. The zero-order valence-corrected chi connectivity index (χ0v) is 10.3. The van der Waals surface area contributed by atoms with E-state index < -0.39 is 0 Å². The van der Waals surface area contributed by atoms with E-state index in [1.54, 1.807) is 6.20 Å². The molecule has 0 bridgehead atoms. The first kappa shape index (κ1) is 10.9. The summed E-state index contributed by atoms with van der Waals surface area (Å²) in [4.78, 5) is 7.45. The lowest BCUT2D eigenvalue weighted by Crippen LogP contribution is -2.05. The first-order chi connectivity index (χ1) is 8.86. The maximum Gasteiger partial charge on any atom is 0.146 e. The van der Waals surface area contributed by atoms with E-state index in [-0.39, 0.29) is 0 Å². The van der Waals surface area contributed by atoms with Gasteiger partial charge < -0.3 is 14.3 Å². The topological polar surface area (TPSA) is 42.8 Å². The summed E-state index contributed by atoms with van der Waals surface area (Å²) in [7, 11) is 0. The van der Waals surface area contributed by atoms with Crippen LogP contribution in [-0.4, -0.2) is 14.5 Å². The fourth-order valence-electron chi connectivity index (χ4n) is 2.04. The third-order valence-electron chi connectivity index (χ3n) is 3.04. The molecule has 2 aromatic heterocycles. The number of benzene rings is 1. The molecule has 18 heavy (non-hydrogen) atoms. The Morgan fingerprint density at radius 3 is 3.17 bits per heavy atom. The van der Waals surface area contributed by atoms with E-state index in [4.69, 9.17) is 4.74 Å². The van der Waals surface area contributed by atoms with Gasteiger partial charge in [0, 0.05) is 36.0 Å². The molecule has 0 aliphatic heterocycles. The molecule has 2 heterocycles. The molecule has 0 aliphatic rings. The Balaban J connectivity index is 1.76. The Hall–Kier alpha value is -2.23. The highest BCUT2D eigenvalue weighted by Gasteiger charge is 2.03. The molecule has 4 nitrogen and oxygen atoms in total. The van der Waals surface area contributed by atoms with Crippen molar-refractivity contribution in [1.82, 2.24) is 14.5 Å². The number of H-pyrrole nitrogens is 1. The van der Waals surface area contributed by atoms with E-state index in [2.05, 4.69) is 21.5 Å². The number of aromatic amines is 1. The van der Waals surface area contributed by atoms with Crippen LogP contribution in [0.15, 0.2) is 42.9 Å². The summed E-state index contributed by atoms with van der Waals surface area (Å²) in [5.41, 5.74) is 1.12. The van der Waals surface area contributed by atoms with Gasteiger partial charge in [0.15, 0.2) is 0 Å². The molecular weight excluding hydrogens is 226 g/mol. The van der Waals surface area contributed by atoms with E-state index in [1.165, 1.54) is 0 Å². The van der Waals surface area contributed by atoms with Crippen LogP contribution in [0.5, 0.6) is 5.75 Å². The van der Waals surface area contributed by atoms with Gasteiger partial charge in [-0.25, -0.2) is 4.98 Å². The van der Waals surface area contributed by atoms with Gasteiger partial charge in [0.1, 0.15) is 18.2 Å². The molecule has 1 N–H and O–H groups in total. The molecule has 0 atom stereocenters. The summed E-state index contributed by atoms with van der Waals surface area (Å²) in [6.45, 7) is 3.50. The largest absolute Gasteiger partial charge is 0.486 e. The summed E-state index contributed by atoms with van der Waals surface area (Å²) >= 11 is 0. The molecule has 0 radical (unpaired) electrons. The van der Waals surface area contributed by atoms with Crippen LogP contribution in [0.3, 0.4) is 0 Å². The number of nitrogens with zero attached hydrogens (tertiary/aromatic N) is 2. The van der Waals surface area contributed by atoms with Crippen LogP contribution in [0.2, 0.25) is 0 Å². The van der Waals surface area contributed by atoms with Crippen molar-refractivity contribution in [3.8, 4) is 5.75 Å². The molecule has 0 saturated carbocycles. The monoisotopic (exact) mass is 241 g/mol. The maximum absolute atomic E-state index is 5.77. The number of fused-ring (bicyclic) bond motifs is 1. The molecule has 3 aromatic rings. The van der Waals surface area contributed by atoms with Crippen molar-refractivity contribution in [1.29, 1.82) is 0 Å². The quantitative estimate of drug-likeness (QED) is 0.763. The molecule has 0 fully saturated rings. The number of nitrogens with one attached hydrogen (secondary N) is 1. The average Bonchev–Trinajstić information content (AvgIpc) is 3.04. The van der Waals surface area contributed by atoms with Gasteiger partial charge in [0.25, 0.3) is 0 Å². The Morgan fingerprint density at radius 1 is 1.33 bits per heavy atom. The second-order valence-corrected chi connectivity index (χ2v) is 4.14. The normalized spacial score (nSPS) is 10.9. The summed E-state index contributed by atoms with van der Waals surface area (Å²) in [6.07, 6.45) is 5.70. The third kappa shape index (κ3) is 1.97. The van der Waals surface area contributed by atoms with Crippen molar-refractivity contribution >= 4 is 10.9 Å². The van der Waals surface area contributed by atoms with E-state index >= 15 is 0 Å². The number of aryl methyl sites for hydroxylation is 1. The fraction of sp³-hybridized carbons (Fsp3) is 0.214. The van der Waals surface area contributed by atoms with Crippen molar-refractivity contribution in [2.24, 2.45) is 0 Å². The highest BCUT2D eigenvalue weighted by atomic mass is 16.5. The molecular formula is C14H15N3O. The molecule has 0 spiro atoms. The van der Waals surface area contributed by atoms with Crippen LogP contribution >= 0.6 is 0 Å². The van der Waals surface area contributed by atoms with Crippen molar-refractivity contribution in [3.05, 3.63) is 48.7 Å². The first-order valence-electron chi connectivity index (χ1n) is 6.07. The summed E-state index contributed by atoms with van der Waals surface area (Å²) < 4.78 is 7.85. The highest BCUT2D eigenvalue weighted by molar-refractivity contribution is 5.80. The summed E-state index contributed by atoms with van der Waals surface area (Å²) in [6, 6.07) is 8.06. The smallest absolute Gasteiger partial charge is 0.146 e. The van der Waals surface area contributed by atoms with Crippen LogP contribution in [0.1, 0.15) is 12.7 Å². The van der Waals surface area contributed by atoms with Crippen molar-refractivity contribution in [3.63, 3.8) is 0 Å². The van der Waals surface area contributed by atoms with Gasteiger partial charge in [-0.1, -0.05) is 0 Å². The van der Waals surface area contributed by atoms with Crippen LogP contribution < -0.4 is 4.74 Å². The maximum atomic E-state index is 5.77.